The molecule has 3 nitrogen and oxygen atoms in total. The molecule has 1 unspecified atom stereocenters. The number of aromatic nitrogens is 1. The summed E-state index contributed by atoms with van der Waals surface area (Å²) in [7, 11) is 2.15. The molecule has 1 aromatic carbocycles. The lowest BCUT2D eigenvalue weighted by Gasteiger charge is -2.18. The molecule has 1 aromatic heterocycles. The van der Waals surface area contributed by atoms with E-state index < -0.39 is 0 Å². The van der Waals surface area contributed by atoms with Crippen LogP contribution in [0, 0.1) is 6.92 Å². The zero-order valence-electron chi connectivity index (χ0n) is 11.3. The van der Waals surface area contributed by atoms with Crippen LogP contribution in [-0.2, 0) is 0 Å². The number of halogens is 1. The molecule has 1 N–H and O–H groups in total. The van der Waals surface area contributed by atoms with Crippen molar-refractivity contribution in [2.75, 3.05) is 25.5 Å². The second-order valence-corrected chi connectivity index (χ2v) is 5.75. The first-order valence-electron chi connectivity index (χ1n) is 6.64. The Morgan fingerprint density at radius 3 is 3.05 bits per heavy atom. The third-order valence-corrected chi connectivity index (χ3v) is 4.07. The molecule has 100 valence electrons. The fraction of sp³-hybridized carbons (Fsp3) is 0.400. The van der Waals surface area contributed by atoms with E-state index in [1.165, 1.54) is 0 Å². The molecule has 0 aliphatic carbocycles. The number of pyridine rings is 1. The number of nitrogens with one attached hydrogen (secondary N) is 1. The maximum atomic E-state index is 6.42. The van der Waals surface area contributed by atoms with Crippen molar-refractivity contribution in [1.29, 1.82) is 0 Å². The Hall–Kier alpha value is -1.32. The molecule has 4 heteroatoms. The van der Waals surface area contributed by atoms with Crippen molar-refractivity contribution < 1.29 is 0 Å². The average molecular weight is 276 g/mol. The molecule has 1 aliphatic heterocycles. The highest BCUT2D eigenvalue weighted by Crippen LogP contribution is 2.33. The number of anilines is 1. The first-order valence-corrected chi connectivity index (χ1v) is 7.02. The van der Waals surface area contributed by atoms with Crippen LogP contribution in [0.15, 0.2) is 24.4 Å². The van der Waals surface area contributed by atoms with Gasteiger partial charge in [0.1, 0.15) is 0 Å². The van der Waals surface area contributed by atoms with E-state index in [1.54, 1.807) is 0 Å². The Morgan fingerprint density at radius 1 is 1.47 bits per heavy atom. The van der Waals surface area contributed by atoms with Crippen LogP contribution in [-0.4, -0.2) is 36.1 Å². The van der Waals surface area contributed by atoms with Crippen LogP contribution in [0.25, 0.3) is 10.9 Å². The average Bonchev–Trinajstić information content (AvgIpc) is 2.80. The van der Waals surface area contributed by atoms with Gasteiger partial charge in [0, 0.05) is 24.2 Å². The molecule has 3 rings (SSSR count). The summed E-state index contributed by atoms with van der Waals surface area (Å²) in [4.78, 5) is 6.80. The predicted octanol–water partition coefficient (Wildman–Crippen LogP) is 3.31. The van der Waals surface area contributed by atoms with Crippen molar-refractivity contribution in [3.05, 3.63) is 35.0 Å². The summed E-state index contributed by atoms with van der Waals surface area (Å²) in [6, 6.07) is 6.51. The zero-order valence-corrected chi connectivity index (χ0v) is 12.0. The minimum atomic E-state index is 0.466. The lowest BCUT2D eigenvalue weighted by atomic mass is 10.1. The molecule has 0 radical (unpaired) electrons. The van der Waals surface area contributed by atoms with E-state index in [0.717, 1.165) is 46.7 Å². The van der Waals surface area contributed by atoms with E-state index >= 15 is 0 Å². The van der Waals surface area contributed by atoms with Crippen LogP contribution in [0.3, 0.4) is 0 Å². The number of hydrogen-bond acceptors (Lipinski definition) is 3. The number of aryl methyl sites for hydroxylation is 1. The number of nitrogens with zero attached hydrogens (tertiary/aromatic N) is 2. The largest absolute Gasteiger partial charge is 0.379 e. The minimum Gasteiger partial charge on any atom is -0.379 e. The Morgan fingerprint density at radius 2 is 2.32 bits per heavy atom. The SMILES string of the molecule is Cc1cc(Cl)c(NC2CCN(C)C2)c2cccnc12. The number of hydrogen-bond donors (Lipinski definition) is 1. The molecule has 1 atom stereocenters. The van der Waals surface area contributed by atoms with Crippen LogP contribution in [0.5, 0.6) is 0 Å². The second kappa shape index (κ2) is 4.99. The van der Waals surface area contributed by atoms with E-state index in [1.807, 2.05) is 25.3 Å². The predicted molar refractivity (Wildman–Crippen MR) is 81.0 cm³/mol. The van der Waals surface area contributed by atoms with Crippen molar-refractivity contribution in [1.82, 2.24) is 9.88 Å². The van der Waals surface area contributed by atoms with Crippen LogP contribution < -0.4 is 5.32 Å². The first-order chi connectivity index (χ1) is 9.15. The van der Waals surface area contributed by atoms with E-state index in [9.17, 15) is 0 Å². The third-order valence-electron chi connectivity index (χ3n) is 3.77. The maximum Gasteiger partial charge on any atom is 0.0752 e. The van der Waals surface area contributed by atoms with E-state index in [4.69, 9.17) is 11.6 Å². The van der Waals surface area contributed by atoms with Crippen LogP contribution in [0.4, 0.5) is 5.69 Å². The van der Waals surface area contributed by atoms with Crippen LogP contribution in [0.1, 0.15) is 12.0 Å². The topological polar surface area (TPSA) is 28.2 Å². The third kappa shape index (κ3) is 2.40. The molecule has 0 spiro atoms. The highest BCUT2D eigenvalue weighted by Gasteiger charge is 2.21. The molecule has 0 bridgehead atoms. The Bertz CT molecular complexity index is 612. The summed E-state index contributed by atoms with van der Waals surface area (Å²) in [5.41, 5.74) is 3.17. The number of benzene rings is 1. The van der Waals surface area contributed by atoms with Gasteiger partial charge in [-0.25, -0.2) is 0 Å². The Balaban J connectivity index is 2.02. The van der Waals surface area contributed by atoms with E-state index in [0.29, 0.717) is 6.04 Å². The molecule has 2 heterocycles. The van der Waals surface area contributed by atoms with E-state index in [2.05, 4.69) is 28.3 Å². The van der Waals surface area contributed by atoms with Crippen molar-refractivity contribution in [2.45, 2.75) is 19.4 Å². The van der Waals surface area contributed by atoms with Gasteiger partial charge in [0.2, 0.25) is 0 Å². The van der Waals surface area contributed by atoms with Gasteiger partial charge in [-0.15, -0.1) is 0 Å². The molecular weight excluding hydrogens is 258 g/mol. The van der Waals surface area contributed by atoms with Gasteiger partial charge in [-0.1, -0.05) is 11.6 Å². The molecule has 2 aromatic rings. The smallest absolute Gasteiger partial charge is 0.0752 e. The van der Waals surface area contributed by atoms with E-state index in [-0.39, 0.29) is 0 Å². The standard InChI is InChI=1S/C15H18ClN3/c1-10-8-13(16)15(12-4-3-6-17-14(10)12)18-11-5-7-19(2)9-11/h3-4,6,8,11,18H,5,7,9H2,1-2H3. The summed E-state index contributed by atoms with van der Waals surface area (Å²) in [6.07, 6.45) is 2.98. The van der Waals surface area contributed by atoms with Crippen LogP contribution in [0.2, 0.25) is 5.02 Å². The first kappa shape index (κ1) is 12.7. The lowest BCUT2D eigenvalue weighted by Crippen LogP contribution is -2.23. The van der Waals surface area contributed by atoms with Gasteiger partial charge in [0.15, 0.2) is 0 Å². The molecule has 1 fully saturated rings. The molecule has 1 saturated heterocycles. The summed E-state index contributed by atoms with van der Waals surface area (Å²) in [5, 5.41) is 5.49. The van der Waals surface area contributed by atoms with Gasteiger partial charge >= 0.3 is 0 Å². The molecule has 19 heavy (non-hydrogen) atoms. The molecule has 1 aliphatic rings. The number of rotatable bonds is 2. The minimum absolute atomic E-state index is 0.466. The van der Waals surface area contributed by atoms with Gasteiger partial charge in [-0.05, 0) is 50.7 Å². The molecule has 0 amide bonds. The highest BCUT2D eigenvalue weighted by atomic mass is 35.5. The van der Waals surface area contributed by atoms with Crippen molar-refractivity contribution in [2.24, 2.45) is 0 Å². The van der Waals surface area contributed by atoms with Crippen molar-refractivity contribution in [3.8, 4) is 0 Å². The maximum absolute atomic E-state index is 6.42. The molecular formula is C15H18ClN3. The summed E-state index contributed by atoms with van der Waals surface area (Å²) < 4.78 is 0. The fourth-order valence-electron chi connectivity index (χ4n) is 2.78. The summed E-state index contributed by atoms with van der Waals surface area (Å²) in [5.74, 6) is 0. The normalized spacial score (nSPS) is 20.1. The van der Waals surface area contributed by atoms with Crippen LogP contribution >= 0.6 is 11.6 Å². The number of fused-ring (bicyclic) bond motifs is 1. The monoisotopic (exact) mass is 275 g/mol. The highest BCUT2D eigenvalue weighted by molar-refractivity contribution is 6.35. The van der Waals surface area contributed by atoms with Gasteiger partial charge in [0.05, 0.1) is 16.2 Å². The Labute approximate surface area is 118 Å². The van der Waals surface area contributed by atoms with Crippen molar-refractivity contribution in [3.63, 3.8) is 0 Å². The fourth-order valence-corrected chi connectivity index (χ4v) is 3.10. The second-order valence-electron chi connectivity index (χ2n) is 5.34. The van der Waals surface area contributed by atoms with Gasteiger partial charge in [0.25, 0.3) is 0 Å². The Kier molecular flexibility index (Phi) is 3.33. The molecule has 0 saturated carbocycles. The number of likely N-dealkylation sites (tertiary alicyclic amines) is 1. The summed E-state index contributed by atoms with van der Waals surface area (Å²) in [6.45, 7) is 4.25. The zero-order chi connectivity index (χ0) is 13.4. The van der Waals surface area contributed by atoms with Gasteiger partial charge in [-0.2, -0.15) is 0 Å². The number of likely N-dealkylation sites (N-methyl/N-ethyl adjacent to an activating group) is 1. The lowest BCUT2D eigenvalue weighted by molar-refractivity contribution is 0.414. The summed E-state index contributed by atoms with van der Waals surface area (Å²) >= 11 is 6.42. The van der Waals surface area contributed by atoms with Gasteiger partial charge in [-0.3, -0.25) is 4.98 Å². The van der Waals surface area contributed by atoms with Crippen molar-refractivity contribution >= 4 is 28.2 Å². The quantitative estimate of drug-likeness (QED) is 0.911. The van der Waals surface area contributed by atoms with Gasteiger partial charge < -0.3 is 10.2 Å².